The highest BCUT2D eigenvalue weighted by atomic mass is 32.2. The van der Waals surface area contributed by atoms with E-state index in [1.165, 1.54) is 12.1 Å². The third-order valence-corrected chi connectivity index (χ3v) is 7.05. The number of nitrogens with zero attached hydrogens (tertiary/aromatic N) is 2. The van der Waals surface area contributed by atoms with E-state index in [2.05, 4.69) is 16.8 Å². The van der Waals surface area contributed by atoms with Gasteiger partial charge in [0.1, 0.15) is 11.6 Å². The number of ether oxygens (including phenoxy) is 1. The maximum Gasteiger partial charge on any atom is 0.328 e. The Balaban J connectivity index is 1.40. The van der Waals surface area contributed by atoms with Gasteiger partial charge in [-0.25, -0.2) is 22.9 Å². The number of fused-ring (bicyclic) bond motifs is 1. The zero-order valence-corrected chi connectivity index (χ0v) is 20.7. The number of benzene rings is 3. The first-order valence-corrected chi connectivity index (χ1v) is 12.8. The fourth-order valence-corrected chi connectivity index (χ4v) is 4.75. The standard InChI is InChI=1S/C26H28N4O4S/c1-4-25-28-23-14-11-21(34-3)17-24(23)30(25)20-9-7-19(8-10-20)15-16-27-26(31)29-35(32,33)22-12-5-18(2)6-13-22/h5-14,17H,4,15-16H2,1-3H3,(H2,27,29,31). The predicted octanol–water partition coefficient (Wildman–Crippen LogP) is 4.14. The smallest absolute Gasteiger partial charge is 0.328 e. The van der Waals surface area contributed by atoms with Crippen LogP contribution in [0, 0.1) is 6.92 Å². The van der Waals surface area contributed by atoms with Crippen LogP contribution in [0.1, 0.15) is 23.9 Å². The normalized spacial score (nSPS) is 11.4. The van der Waals surface area contributed by atoms with E-state index in [4.69, 9.17) is 9.72 Å². The summed E-state index contributed by atoms with van der Waals surface area (Å²) in [6, 6.07) is 19.4. The molecule has 0 atom stereocenters. The summed E-state index contributed by atoms with van der Waals surface area (Å²) >= 11 is 0. The Morgan fingerprint density at radius 3 is 2.40 bits per heavy atom. The van der Waals surface area contributed by atoms with Crippen molar-refractivity contribution >= 4 is 27.1 Å². The molecule has 8 nitrogen and oxygen atoms in total. The fraction of sp³-hybridized carbons (Fsp3) is 0.231. The van der Waals surface area contributed by atoms with Crippen molar-refractivity contribution in [1.82, 2.24) is 19.6 Å². The molecule has 3 aromatic carbocycles. The molecule has 0 bridgehead atoms. The highest BCUT2D eigenvalue weighted by Gasteiger charge is 2.17. The first-order valence-electron chi connectivity index (χ1n) is 11.3. The zero-order valence-electron chi connectivity index (χ0n) is 19.9. The van der Waals surface area contributed by atoms with E-state index >= 15 is 0 Å². The van der Waals surface area contributed by atoms with Crippen LogP contribution in [0.25, 0.3) is 16.7 Å². The van der Waals surface area contributed by atoms with Crippen molar-refractivity contribution in [2.75, 3.05) is 13.7 Å². The van der Waals surface area contributed by atoms with Gasteiger partial charge in [-0.3, -0.25) is 4.57 Å². The first-order chi connectivity index (χ1) is 16.8. The van der Waals surface area contributed by atoms with E-state index < -0.39 is 16.1 Å². The van der Waals surface area contributed by atoms with Gasteiger partial charge in [-0.1, -0.05) is 36.8 Å². The minimum atomic E-state index is -3.91. The molecule has 0 saturated heterocycles. The van der Waals surface area contributed by atoms with Crippen LogP contribution in [0.5, 0.6) is 5.75 Å². The number of aromatic nitrogens is 2. The minimum absolute atomic E-state index is 0.0462. The molecule has 9 heteroatoms. The molecule has 1 heterocycles. The monoisotopic (exact) mass is 492 g/mol. The Bertz CT molecular complexity index is 1440. The molecule has 0 aliphatic carbocycles. The second-order valence-corrected chi connectivity index (χ2v) is 9.84. The van der Waals surface area contributed by atoms with Gasteiger partial charge in [0.25, 0.3) is 10.0 Å². The number of aryl methyl sites for hydroxylation is 2. The lowest BCUT2D eigenvalue weighted by molar-refractivity contribution is 0.246. The van der Waals surface area contributed by atoms with Crippen molar-refractivity contribution in [3.63, 3.8) is 0 Å². The van der Waals surface area contributed by atoms with Gasteiger partial charge in [0.15, 0.2) is 0 Å². The number of urea groups is 1. The van der Waals surface area contributed by atoms with E-state index in [9.17, 15) is 13.2 Å². The maximum atomic E-state index is 12.3. The summed E-state index contributed by atoms with van der Waals surface area (Å²) in [6.07, 6.45) is 1.33. The molecule has 0 spiro atoms. The van der Waals surface area contributed by atoms with Gasteiger partial charge in [-0.05, 0) is 55.3 Å². The molecular weight excluding hydrogens is 464 g/mol. The molecule has 4 aromatic rings. The molecule has 182 valence electrons. The van der Waals surface area contributed by atoms with Crippen LogP contribution >= 0.6 is 0 Å². The minimum Gasteiger partial charge on any atom is -0.497 e. The van der Waals surface area contributed by atoms with E-state index in [0.29, 0.717) is 13.0 Å². The summed E-state index contributed by atoms with van der Waals surface area (Å²) in [5, 5.41) is 2.61. The molecule has 0 aliphatic rings. The predicted molar refractivity (Wildman–Crippen MR) is 136 cm³/mol. The lowest BCUT2D eigenvalue weighted by Crippen LogP contribution is -2.40. The number of hydrogen-bond acceptors (Lipinski definition) is 5. The van der Waals surface area contributed by atoms with E-state index in [1.54, 1.807) is 19.2 Å². The summed E-state index contributed by atoms with van der Waals surface area (Å²) in [5.74, 6) is 1.72. The molecule has 35 heavy (non-hydrogen) atoms. The quantitative estimate of drug-likeness (QED) is 0.385. The number of sulfonamides is 1. The van der Waals surface area contributed by atoms with Crippen molar-refractivity contribution in [2.24, 2.45) is 0 Å². The third kappa shape index (κ3) is 5.46. The number of methoxy groups -OCH3 is 1. The number of amides is 2. The van der Waals surface area contributed by atoms with Gasteiger partial charge in [0.05, 0.1) is 23.0 Å². The van der Waals surface area contributed by atoms with Crippen LogP contribution < -0.4 is 14.8 Å². The molecule has 0 aliphatic heterocycles. The summed E-state index contributed by atoms with van der Waals surface area (Å²) in [6.45, 7) is 4.22. The van der Waals surface area contributed by atoms with Crippen LogP contribution in [0.15, 0.2) is 71.6 Å². The molecule has 1 aromatic heterocycles. The number of imidazole rings is 1. The molecule has 0 saturated carbocycles. The Kier molecular flexibility index (Phi) is 7.07. The van der Waals surface area contributed by atoms with Crippen molar-refractivity contribution in [3.8, 4) is 11.4 Å². The van der Waals surface area contributed by atoms with Crippen LogP contribution in [-0.2, 0) is 22.9 Å². The second-order valence-electron chi connectivity index (χ2n) is 8.16. The summed E-state index contributed by atoms with van der Waals surface area (Å²) in [5.41, 5.74) is 4.81. The van der Waals surface area contributed by atoms with Crippen LogP contribution in [-0.4, -0.2) is 37.7 Å². The SMILES string of the molecule is CCc1nc2ccc(OC)cc2n1-c1ccc(CCNC(=O)NS(=O)(=O)c2ccc(C)cc2)cc1. The van der Waals surface area contributed by atoms with Gasteiger partial charge in [0, 0.05) is 24.7 Å². The topological polar surface area (TPSA) is 102 Å². The summed E-state index contributed by atoms with van der Waals surface area (Å²) < 4.78 is 34.2. The largest absolute Gasteiger partial charge is 0.497 e. The van der Waals surface area contributed by atoms with Gasteiger partial charge >= 0.3 is 6.03 Å². The van der Waals surface area contributed by atoms with E-state index in [0.717, 1.165) is 45.8 Å². The van der Waals surface area contributed by atoms with Gasteiger partial charge in [-0.15, -0.1) is 0 Å². The Morgan fingerprint density at radius 1 is 1.03 bits per heavy atom. The molecule has 4 rings (SSSR count). The Labute approximate surface area is 205 Å². The first kappa shape index (κ1) is 24.3. The third-order valence-electron chi connectivity index (χ3n) is 5.70. The average Bonchev–Trinajstić information content (AvgIpc) is 3.22. The van der Waals surface area contributed by atoms with Crippen molar-refractivity contribution in [1.29, 1.82) is 0 Å². The molecule has 0 radical (unpaired) electrons. The second kappa shape index (κ2) is 10.2. The number of carbonyl (C=O) groups is 1. The van der Waals surface area contributed by atoms with Gasteiger partial charge < -0.3 is 10.1 Å². The van der Waals surface area contributed by atoms with Gasteiger partial charge in [-0.2, -0.15) is 0 Å². The Morgan fingerprint density at radius 2 is 1.74 bits per heavy atom. The number of nitrogens with one attached hydrogen (secondary N) is 2. The van der Waals surface area contributed by atoms with Crippen LogP contribution in [0.2, 0.25) is 0 Å². The van der Waals surface area contributed by atoms with E-state index in [1.807, 2.05) is 54.1 Å². The van der Waals surface area contributed by atoms with Crippen molar-refractivity contribution < 1.29 is 17.9 Å². The number of carbonyl (C=O) groups excluding carboxylic acids is 1. The average molecular weight is 493 g/mol. The van der Waals surface area contributed by atoms with Crippen LogP contribution in [0.3, 0.4) is 0 Å². The zero-order chi connectivity index (χ0) is 25.0. The highest BCUT2D eigenvalue weighted by Crippen LogP contribution is 2.26. The van der Waals surface area contributed by atoms with Crippen molar-refractivity contribution in [2.45, 2.75) is 31.6 Å². The van der Waals surface area contributed by atoms with Gasteiger partial charge in [0.2, 0.25) is 0 Å². The number of rotatable bonds is 8. The highest BCUT2D eigenvalue weighted by molar-refractivity contribution is 7.90. The molecule has 2 N–H and O–H groups in total. The molecule has 0 fully saturated rings. The summed E-state index contributed by atoms with van der Waals surface area (Å²) in [7, 11) is -2.27. The van der Waals surface area contributed by atoms with Crippen LogP contribution in [0.4, 0.5) is 4.79 Å². The van der Waals surface area contributed by atoms with Crippen molar-refractivity contribution in [3.05, 3.63) is 83.7 Å². The Hall–Kier alpha value is -3.85. The molecule has 0 unspecified atom stereocenters. The molecule has 2 amide bonds. The summed E-state index contributed by atoms with van der Waals surface area (Å²) in [4.78, 5) is 16.9. The fourth-order valence-electron chi connectivity index (χ4n) is 3.82. The number of hydrogen-bond donors (Lipinski definition) is 2. The maximum absolute atomic E-state index is 12.3. The lowest BCUT2D eigenvalue weighted by Gasteiger charge is -2.11. The molecular formula is C26H28N4O4S. The lowest BCUT2D eigenvalue weighted by atomic mass is 10.1. The van der Waals surface area contributed by atoms with E-state index in [-0.39, 0.29) is 4.90 Å².